The number of hydrazone groups is 1. The fraction of sp³-hybridized carbons (Fsp3) is 0.233. The highest BCUT2D eigenvalue weighted by atomic mass is 16.3. The summed E-state index contributed by atoms with van der Waals surface area (Å²) in [6.45, 7) is 8.68. The zero-order valence-corrected chi connectivity index (χ0v) is 20.3. The number of rotatable bonds is 6. The van der Waals surface area contributed by atoms with Crippen LogP contribution in [0.25, 0.3) is 0 Å². The van der Waals surface area contributed by atoms with Gasteiger partial charge in [0.15, 0.2) is 0 Å². The molecule has 0 spiro atoms. The highest BCUT2D eigenvalue weighted by Gasteiger charge is 2.32. The number of phenols is 1. The van der Waals surface area contributed by atoms with E-state index < -0.39 is 5.41 Å². The average Bonchev–Trinajstić information content (AvgIpc) is 2.85. The normalized spacial score (nSPS) is 17.2. The minimum absolute atomic E-state index is 0.190. The van der Waals surface area contributed by atoms with Crippen LogP contribution in [-0.4, -0.2) is 16.9 Å². The maximum Gasteiger partial charge on any atom is 0.144 e. The Balaban J connectivity index is 1.86. The third kappa shape index (κ3) is 4.55. The van der Waals surface area contributed by atoms with Crippen LogP contribution in [0.2, 0.25) is 0 Å². The van der Waals surface area contributed by atoms with Crippen LogP contribution in [0, 0.1) is 0 Å². The zero-order chi connectivity index (χ0) is 24.3. The predicted molar refractivity (Wildman–Crippen MR) is 143 cm³/mol. The van der Waals surface area contributed by atoms with Crippen LogP contribution in [0.4, 0.5) is 5.69 Å². The number of allylic oxidation sites excluding steroid dienone is 2. The van der Waals surface area contributed by atoms with Crippen molar-refractivity contribution in [3.63, 3.8) is 0 Å². The number of aromatic hydroxyl groups is 1. The zero-order valence-electron chi connectivity index (χ0n) is 20.3. The molecule has 3 aromatic carbocycles. The lowest BCUT2D eigenvalue weighted by molar-refractivity contribution is 0.453. The molecular formula is C30H33N3O. The summed E-state index contributed by atoms with van der Waals surface area (Å²) in [5.74, 6) is 0.190. The van der Waals surface area contributed by atoms with Crippen molar-refractivity contribution in [2.45, 2.75) is 44.6 Å². The van der Waals surface area contributed by atoms with Gasteiger partial charge >= 0.3 is 0 Å². The van der Waals surface area contributed by atoms with Crippen LogP contribution < -0.4 is 11.2 Å². The maximum atomic E-state index is 11.4. The summed E-state index contributed by atoms with van der Waals surface area (Å²) in [4.78, 5) is 0. The Kier molecular flexibility index (Phi) is 6.45. The fourth-order valence-corrected chi connectivity index (χ4v) is 4.37. The summed E-state index contributed by atoms with van der Waals surface area (Å²) in [5, 5.41) is 16.0. The van der Waals surface area contributed by atoms with Crippen molar-refractivity contribution in [3.8, 4) is 5.75 Å². The summed E-state index contributed by atoms with van der Waals surface area (Å²) in [6.07, 6.45) is 7.58. The lowest BCUT2D eigenvalue weighted by Gasteiger charge is -2.32. The first-order chi connectivity index (χ1) is 16.2. The minimum Gasteiger partial charge on any atom is -0.505 e. The molecule has 174 valence electrons. The third-order valence-corrected chi connectivity index (χ3v) is 6.84. The van der Waals surface area contributed by atoms with E-state index in [1.54, 1.807) is 0 Å². The molecule has 34 heavy (non-hydrogen) atoms. The molecule has 4 N–H and O–H groups in total. The van der Waals surface area contributed by atoms with E-state index in [9.17, 15) is 5.11 Å². The SMILES string of the molecule is CC(C)(c1ccccc1)c1cc(N/N=C2/C=CC=CC2N)c(O)c(C(C)(C)c2ccccc2)c1. The number of anilines is 1. The number of nitrogens with one attached hydrogen (secondary N) is 1. The molecule has 0 amide bonds. The molecule has 0 aliphatic heterocycles. The molecule has 1 unspecified atom stereocenters. The molecule has 1 atom stereocenters. The molecule has 0 heterocycles. The summed E-state index contributed by atoms with van der Waals surface area (Å²) in [6, 6.07) is 24.5. The Morgan fingerprint density at radius 2 is 1.38 bits per heavy atom. The van der Waals surface area contributed by atoms with Crippen LogP contribution in [-0.2, 0) is 10.8 Å². The lowest BCUT2D eigenvalue weighted by Crippen LogP contribution is -2.29. The minimum atomic E-state index is -0.429. The molecule has 4 nitrogen and oxygen atoms in total. The smallest absolute Gasteiger partial charge is 0.144 e. The Morgan fingerprint density at radius 1 is 0.794 bits per heavy atom. The third-order valence-electron chi connectivity index (χ3n) is 6.84. The second-order valence-electron chi connectivity index (χ2n) is 9.82. The Bertz CT molecular complexity index is 1240. The van der Waals surface area contributed by atoms with E-state index in [1.807, 2.05) is 54.6 Å². The van der Waals surface area contributed by atoms with Crippen molar-refractivity contribution in [2.24, 2.45) is 10.8 Å². The van der Waals surface area contributed by atoms with Gasteiger partial charge < -0.3 is 10.8 Å². The summed E-state index contributed by atoms with van der Waals surface area (Å²) >= 11 is 0. The molecule has 1 aliphatic carbocycles. The number of nitrogens with zero attached hydrogens (tertiary/aromatic N) is 1. The van der Waals surface area contributed by atoms with E-state index >= 15 is 0 Å². The molecule has 0 saturated carbocycles. The van der Waals surface area contributed by atoms with Crippen molar-refractivity contribution in [2.75, 3.05) is 5.43 Å². The number of hydrogen-bond acceptors (Lipinski definition) is 4. The summed E-state index contributed by atoms with van der Waals surface area (Å²) in [5.41, 5.74) is 14.1. The number of nitrogens with two attached hydrogens (primary N) is 1. The van der Waals surface area contributed by atoms with Crippen molar-refractivity contribution in [3.05, 3.63) is 119 Å². The van der Waals surface area contributed by atoms with E-state index in [0.29, 0.717) is 11.4 Å². The van der Waals surface area contributed by atoms with Gasteiger partial charge in [-0.25, -0.2) is 0 Å². The van der Waals surface area contributed by atoms with Gasteiger partial charge in [-0.15, -0.1) is 0 Å². The van der Waals surface area contributed by atoms with E-state index in [4.69, 9.17) is 5.73 Å². The van der Waals surface area contributed by atoms with Crippen LogP contribution in [0.15, 0.2) is 102 Å². The van der Waals surface area contributed by atoms with E-state index in [2.05, 4.69) is 80.7 Å². The molecular weight excluding hydrogens is 418 g/mol. The number of hydrogen-bond donors (Lipinski definition) is 3. The largest absolute Gasteiger partial charge is 0.505 e. The average molecular weight is 452 g/mol. The first-order valence-electron chi connectivity index (χ1n) is 11.6. The molecule has 3 aromatic rings. The summed E-state index contributed by atoms with van der Waals surface area (Å²) in [7, 11) is 0. The number of benzene rings is 3. The monoisotopic (exact) mass is 451 g/mol. The van der Waals surface area contributed by atoms with E-state index in [0.717, 1.165) is 16.7 Å². The molecule has 0 fully saturated rings. The maximum absolute atomic E-state index is 11.4. The standard InChI is InChI=1S/C30H33N3O/c1-29(2,21-13-7-5-8-14-21)23-19-24(30(3,4)22-15-9-6-10-16-22)28(34)27(20-23)33-32-26-18-12-11-17-25(26)31/h5-20,25,33-34H,31H2,1-4H3/b32-26-. The van der Waals surface area contributed by atoms with Crippen molar-refractivity contribution in [1.29, 1.82) is 0 Å². The van der Waals surface area contributed by atoms with Crippen LogP contribution in [0.3, 0.4) is 0 Å². The Hall–Kier alpha value is -3.63. The second kappa shape index (κ2) is 9.32. The van der Waals surface area contributed by atoms with Gasteiger partial charge in [0, 0.05) is 16.4 Å². The van der Waals surface area contributed by atoms with Gasteiger partial charge in [0.05, 0.1) is 17.4 Å². The van der Waals surface area contributed by atoms with Gasteiger partial charge in [-0.1, -0.05) is 113 Å². The van der Waals surface area contributed by atoms with Crippen molar-refractivity contribution in [1.82, 2.24) is 0 Å². The molecule has 0 bridgehead atoms. The topological polar surface area (TPSA) is 70.6 Å². The van der Waals surface area contributed by atoms with Gasteiger partial charge in [-0.2, -0.15) is 5.10 Å². The van der Waals surface area contributed by atoms with Crippen molar-refractivity contribution < 1.29 is 5.11 Å². The highest BCUT2D eigenvalue weighted by Crippen LogP contribution is 2.44. The Morgan fingerprint density at radius 3 is 1.97 bits per heavy atom. The summed E-state index contributed by atoms with van der Waals surface area (Å²) < 4.78 is 0. The predicted octanol–water partition coefficient (Wildman–Crippen LogP) is 6.27. The van der Waals surface area contributed by atoms with Gasteiger partial charge in [0.2, 0.25) is 0 Å². The second-order valence-corrected chi connectivity index (χ2v) is 9.82. The molecule has 4 rings (SSSR count). The van der Waals surface area contributed by atoms with Crippen LogP contribution in [0.5, 0.6) is 5.75 Å². The van der Waals surface area contributed by atoms with E-state index in [1.165, 1.54) is 5.56 Å². The van der Waals surface area contributed by atoms with Gasteiger partial charge in [0.1, 0.15) is 5.75 Å². The molecule has 4 heteroatoms. The lowest BCUT2D eigenvalue weighted by atomic mass is 9.72. The highest BCUT2D eigenvalue weighted by molar-refractivity contribution is 6.02. The molecule has 1 aliphatic rings. The van der Waals surface area contributed by atoms with Gasteiger partial charge in [-0.05, 0) is 28.8 Å². The van der Waals surface area contributed by atoms with Gasteiger partial charge in [-0.3, -0.25) is 5.43 Å². The molecule has 0 aromatic heterocycles. The first kappa shape index (κ1) is 23.5. The quantitative estimate of drug-likeness (QED) is 0.306. The fourth-order valence-electron chi connectivity index (χ4n) is 4.37. The van der Waals surface area contributed by atoms with Gasteiger partial charge in [0.25, 0.3) is 0 Å². The molecule has 0 radical (unpaired) electrons. The number of phenolic OH excluding ortho intramolecular Hbond substituents is 1. The van der Waals surface area contributed by atoms with Crippen LogP contribution >= 0.6 is 0 Å². The van der Waals surface area contributed by atoms with Crippen molar-refractivity contribution >= 4 is 11.4 Å². The first-order valence-corrected chi connectivity index (χ1v) is 11.6. The van der Waals surface area contributed by atoms with Crippen LogP contribution in [0.1, 0.15) is 49.9 Å². The Labute approximate surface area is 202 Å². The van der Waals surface area contributed by atoms with E-state index in [-0.39, 0.29) is 17.2 Å². The molecule has 0 saturated heterocycles.